The molecule has 0 saturated heterocycles. The van der Waals surface area contributed by atoms with E-state index in [0.717, 1.165) is 0 Å². The summed E-state index contributed by atoms with van der Waals surface area (Å²) in [6.07, 6.45) is -7.93. The van der Waals surface area contributed by atoms with Gasteiger partial charge in [-0.05, 0) is 6.42 Å². The van der Waals surface area contributed by atoms with Crippen molar-refractivity contribution in [1.82, 2.24) is 0 Å². The van der Waals surface area contributed by atoms with Gasteiger partial charge in [-0.1, -0.05) is 13.8 Å². The number of carbonyl (C=O) groups excluding carboxylic acids is 1. The van der Waals surface area contributed by atoms with Crippen molar-refractivity contribution in [2.24, 2.45) is 0 Å². The molecular weight excluding hydrogens is 216 g/mol. The van der Waals surface area contributed by atoms with Crippen molar-refractivity contribution in [3.05, 3.63) is 0 Å². The van der Waals surface area contributed by atoms with Gasteiger partial charge in [0.05, 0.1) is 6.10 Å². The lowest BCUT2D eigenvalue weighted by Gasteiger charge is -2.28. The zero-order chi connectivity index (χ0) is 12.9. The molecule has 96 valence electrons. The maximum absolute atomic E-state index is 11.1. The van der Waals surface area contributed by atoms with Gasteiger partial charge in [0, 0.05) is 6.42 Å². The first-order chi connectivity index (χ1) is 7.36. The van der Waals surface area contributed by atoms with Crippen molar-refractivity contribution in [3.63, 3.8) is 0 Å². The molecule has 0 rings (SSSR count). The van der Waals surface area contributed by atoms with Crippen LogP contribution in [-0.4, -0.2) is 61.8 Å². The Kier molecular flexibility index (Phi) is 6.70. The lowest BCUT2D eigenvalue weighted by Crippen LogP contribution is -2.50. The lowest BCUT2D eigenvalue weighted by atomic mass is 9.95. The number of aliphatic hydroxyl groups excluding tert-OH is 5. The summed E-state index contributed by atoms with van der Waals surface area (Å²) < 4.78 is 0. The van der Waals surface area contributed by atoms with Crippen molar-refractivity contribution in [2.45, 2.75) is 57.2 Å². The third-order valence-corrected chi connectivity index (χ3v) is 2.51. The predicted molar refractivity (Wildman–Crippen MR) is 55.6 cm³/mol. The van der Waals surface area contributed by atoms with Gasteiger partial charge in [0.2, 0.25) is 0 Å². The minimum absolute atomic E-state index is 0.0113. The molecule has 0 aromatic rings. The highest BCUT2D eigenvalue weighted by Crippen LogP contribution is 2.11. The molecule has 0 saturated carbocycles. The minimum Gasteiger partial charge on any atom is -0.390 e. The summed E-state index contributed by atoms with van der Waals surface area (Å²) in [5.41, 5.74) is 0. The summed E-state index contributed by atoms with van der Waals surface area (Å²) in [5.74, 6) is -0.635. The van der Waals surface area contributed by atoms with Gasteiger partial charge in [-0.2, -0.15) is 0 Å². The number of aliphatic hydroxyl groups is 5. The van der Waals surface area contributed by atoms with Crippen LogP contribution in [0.3, 0.4) is 0 Å². The maximum atomic E-state index is 11.1. The third-order valence-electron chi connectivity index (χ3n) is 2.51. The molecule has 0 aliphatic carbocycles. The molecule has 6 nitrogen and oxygen atoms in total. The largest absolute Gasteiger partial charge is 0.390 e. The Morgan fingerprint density at radius 2 is 1.44 bits per heavy atom. The Hall–Kier alpha value is -0.530. The second-order valence-corrected chi connectivity index (χ2v) is 3.71. The Bertz CT molecular complexity index is 219. The van der Waals surface area contributed by atoms with E-state index in [0.29, 0.717) is 0 Å². The van der Waals surface area contributed by atoms with Crippen LogP contribution in [0.15, 0.2) is 0 Å². The van der Waals surface area contributed by atoms with E-state index in [1.807, 2.05) is 0 Å². The molecule has 5 N–H and O–H groups in total. The van der Waals surface area contributed by atoms with E-state index in [2.05, 4.69) is 0 Å². The Morgan fingerprint density at radius 1 is 0.938 bits per heavy atom. The van der Waals surface area contributed by atoms with Gasteiger partial charge in [-0.3, -0.25) is 4.79 Å². The summed E-state index contributed by atoms with van der Waals surface area (Å²) in [4.78, 5) is 11.1. The Morgan fingerprint density at radius 3 is 1.81 bits per heavy atom. The van der Waals surface area contributed by atoms with Crippen molar-refractivity contribution < 1.29 is 30.3 Å². The van der Waals surface area contributed by atoms with Gasteiger partial charge in [0.15, 0.2) is 5.78 Å². The van der Waals surface area contributed by atoms with Crippen molar-refractivity contribution in [1.29, 1.82) is 0 Å². The van der Waals surface area contributed by atoms with E-state index in [4.69, 9.17) is 0 Å². The fraction of sp³-hybridized carbons (Fsp3) is 0.900. The van der Waals surface area contributed by atoms with E-state index in [-0.39, 0.29) is 12.8 Å². The number of rotatable bonds is 7. The van der Waals surface area contributed by atoms with E-state index >= 15 is 0 Å². The molecule has 0 amide bonds. The molecule has 0 bridgehead atoms. The van der Waals surface area contributed by atoms with Gasteiger partial charge in [0.1, 0.15) is 24.4 Å². The molecule has 0 spiro atoms. The molecule has 0 aliphatic rings. The molecule has 0 radical (unpaired) electrons. The summed E-state index contributed by atoms with van der Waals surface area (Å²) in [5, 5.41) is 46.8. The van der Waals surface area contributed by atoms with Crippen molar-refractivity contribution in [2.75, 3.05) is 0 Å². The first-order valence-electron chi connectivity index (χ1n) is 5.29. The van der Waals surface area contributed by atoms with Crippen LogP contribution < -0.4 is 0 Å². The highest BCUT2D eigenvalue weighted by Gasteiger charge is 2.35. The van der Waals surface area contributed by atoms with E-state index in [1.54, 1.807) is 6.92 Å². The van der Waals surface area contributed by atoms with Crippen LogP contribution in [0.4, 0.5) is 0 Å². The Balaban J connectivity index is 4.47. The van der Waals surface area contributed by atoms with E-state index in [9.17, 15) is 30.3 Å². The molecule has 16 heavy (non-hydrogen) atoms. The van der Waals surface area contributed by atoms with Crippen LogP contribution >= 0.6 is 0 Å². The summed E-state index contributed by atoms with van der Waals surface area (Å²) >= 11 is 0. The van der Waals surface area contributed by atoms with Crippen LogP contribution in [-0.2, 0) is 4.79 Å². The SMILES string of the molecule is CCC(=O)[C@H](O)[C@@H](O)[C@H](O)[C@H](O)C(O)CC. The summed E-state index contributed by atoms with van der Waals surface area (Å²) in [7, 11) is 0. The Labute approximate surface area is 94.2 Å². The van der Waals surface area contributed by atoms with Gasteiger partial charge >= 0.3 is 0 Å². The molecule has 0 aliphatic heterocycles. The minimum atomic E-state index is -1.80. The first-order valence-corrected chi connectivity index (χ1v) is 5.29. The molecule has 0 aromatic heterocycles. The van der Waals surface area contributed by atoms with Gasteiger partial charge in [-0.25, -0.2) is 0 Å². The topological polar surface area (TPSA) is 118 Å². The number of ketones is 1. The summed E-state index contributed by atoms with van der Waals surface area (Å²) in [6, 6.07) is 0. The number of hydrogen-bond donors (Lipinski definition) is 5. The molecule has 5 atom stereocenters. The van der Waals surface area contributed by atoms with E-state index in [1.165, 1.54) is 6.92 Å². The van der Waals surface area contributed by atoms with Crippen LogP contribution in [0.2, 0.25) is 0 Å². The smallest absolute Gasteiger partial charge is 0.163 e. The zero-order valence-corrected chi connectivity index (χ0v) is 9.45. The second-order valence-electron chi connectivity index (χ2n) is 3.71. The van der Waals surface area contributed by atoms with E-state index < -0.39 is 36.3 Å². The summed E-state index contributed by atoms with van der Waals surface area (Å²) in [6.45, 7) is 3.09. The zero-order valence-electron chi connectivity index (χ0n) is 9.45. The fourth-order valence-electron chi connectivity index (χ4n) is 1.26. The monoisotopic (exact) mass is 236 g/mol. The molecular formula is C10H20O6. The average molecular weight is 236 g/mol. The van der Waals surface area contributed by atoms with Crippen molar-refractivity contribution in [3.8, 4) is 0 Å². The van der Waals surface area contributed by atoms with Gasteiger partial charge in [-0.15, -0.1) is 0 Å². The predicted octanol–water partition coefficient (Wildman–Crippen LogP) is -1.82. The van der Waals surface area contributed by atoms with Crippen LogP contribution in [0.1, 0.15) is 26.7 Å². The average Bonchev–Trinajstić information content (AvgIpc) is 2.32. The molecule has 0 heterocycles. The highest BCUT2D eigenvalue weighted by molar-refractivity contribution is 5.83. The van der Waals surface area contributed by atoms with Crippen LogP contribution in [0.25, 0.3) is 0 Å². The first kappa shape index (κ1) is 15.5. The normalized spacial score (nSPS) is 20.9. The fourth-order valence-corrected chi connectivity index (χ4v) is 1.26. The lowest BCUT2D eigenvalue weighted by molar-refractivity contribution is -0.152. The number of hydrogen-bond acceptors (Lipinski definition) is 6. The van der Waals surface area contributed by atoms with Gasteiger partial charge in [0.25, 0.3) is 0 Å². The highest BCUT2D eigenvalue weighted by atomic mass is 16.4. The quantitative estimate of drug-likeness (QED) is 0.355. The van der Waals surface area contributed by atoms with Crippen LogP contribution in [0, 0.1) is 0 Å². The maximum Gasteiger partial charge on any atom is 0.163 e. The van der Waals surface area contributed by atoms with Gasteiger partial charge < -0.3 is 25.5 Å². The van der Waals surface area contributed by atoms with Crippen molar-refractivity contribution >= 4 is 5.78 Å². The third kappa shape index (κ3) is 3.80. The second kappa shape index (κ2) is 6.93. The number of Topliss-reactive ketones (excluding diaryl/α,β-unsaturated/α-hetero) is 1. The number of carbonyl (C=O) groups is 1. The molecule has 0 fully saturated rings. The molecule has 0 aromatic carbocycles. The molecule has 6 heteroatoms. The molecule has 1 unspecified atom stereocenters. The standard InChI is InChI=1S/C10H20O6/c1-3-5(11)7(13)9(15)10(16)8(14)6(12)4-2/h5,7-11,13-16H,3-4H2,1-2H3/t5?,7-,8+,9-,10-/m1/s1. The van der Waals surface area contributed by atoms with Crippen LogP contribution in [0.5, 0.6) is 0 Å².